The van der Waals surface area contributed by atoms with Crippen LogP contribution in [0.4, 0.5) is 0 Å². The molecule has 12 heavy (non-hydrogen) atoms. The van der Waals surface area contributed by atoms with Crippen LogP contribution >= 0.6 is 15.9 Å². The largest absolute Gasteiger partial charge is 0.402 e. The smallest absolute Gasteiger partial charge is 0.0418 e. The van der Waals surface area contributed by atoms with Crippen LogP contribution in [-0.4, -0.2) is 4.83 Å². The van der Waals surface area contributed by atoms with Crippen molar-refractivity contribution >= 4 is 15.9 Å². The summed E-state index contributed by atoms with van der Waals surface area (Å²) < 4.78 is 0. The van der Waals surface area contributed by atoms with Gasteiger partial charge in [-0.2, -0.15) is 0 Å². The second-order valence-electron chi connectivity index (χ2n) is 3.74. The molecular weight excluding hydrogens is 214 g/mol. The molecule has 2 N–H and O–H groups in total. The summed E-state index contributed by atoms with van der Waals surface area (Å²) in [6.45, 7) is 6.38. The molecule has 0 radical (unpaired) electrons. The molecule has 0 saturated carbocycles. The van der Waals surface area contributed by atoms with E-state index in [1.807, 2.05) is 0 Å². The van der Waals surface area contributed by atoms with E-state index in [-0.39, 0.29) is 0 Å². The molecule has 1 rings (SSSR count). The lowest BCUT2D eigenvalue weighted by Crippen LogP contribution is -2.03. The zero-order valence-electron chi connectivity index (χ0n) is 7.89. The van der Waals surface area contributed by atoms with Gasteiger partial charge in [-0.1, -0.05) is 34.5 Å². The van der Waals surface area contributed by atoms with E-state index in [9.17, 15) is 0 Å². The third kappa shape index (κ3) is 1.92. The van der Waals surface area contributed by atoms with Gasteiger partial charge >= 0.3 is 0 Å². The van der Waals surface area contributed by atoms with Crippen LogP contribution in [0.15, 0.2) is 22.9 Å². The van der Waals surface area contributed by atoms with Crippen LogP contribution < -0.4 is 5.73 Å². The summed E-state index contributed by atoms with van der Waals surface area (Å²) in [5, 5.41) is 0. The van der Waals surface area contributed by atoms with Crippen LogP contribution in [0.2, 0.25) is 0 Å². The summed E-state index contributed by atoms with van der Waals surface area (Å²) in [6, 6.07) is 0. The van der Waals surface area contributed by atoms with E-state index in [0.717, 1.165) is 12.1 Å². The molecule has 0 amide bonds. The second-order valence-corrected chi connectivity index (χ2v) is 4.84. The molecule has 0 bridgehead atoms. The number of hydrogen-bond donors (Lipinski definition) is 1. The SMILES string of the molecule is CC(C)=CC1=C(N)[C@@H](C)C[C@@H]1Br. The Labute approximate surface area is 82.8 Å². The van der Waals surface area contributed by atoms with Gasteiger partial charge in [-0.05, 0) is 31.8 Å². The molecule has 0 aromatic carbocycles. The standard InChI is InChI=1S/C10H16BrN/c1-6(2)4-8-9(11)5-7(3)10(8)12/h4,7,9H,5,12H2,1-3H3/t7-,9-/m0/s1. The highest BCUT2D eigenvalue weighted by molar-refractivity contribution is 9.09. The zero-order chi connectivity index (χ0) is 9.30. The Morgan fingerprint density at radius 1 is 1.58 bits per heavy atom. The molecule has 1 aliphatic rings. The van der Waals surface area contributed by atoms with E-state index < -0.39 is 0 Å². The Morgan fingerprint density at radius 2 is 2.17 bits per heavy atom. The Hall–Kier alpha value is -0.240. The monoisotopic (exact) mass is 229 g/mol. The Balaban J connectivity index is 2.93. The minimum absolute atomic E-state index is 0.461. The maximum Gasteiger partial charge on any atom is 0.0418 e. The van der Waals surface area contributed by atoms with E-state index in [1.54, 1.807) is 0 Å². The van der Waals surface area contributed by atoms with E-state index in [2.05, 4.69) is 42.8 Å². The van der Waals surface area contributed by atoms with E-state index in [1.165, 1.54) is 11.1 Å². The van der Waals surface area contributed by atoms with Crippen molar-refractivity contribution < 1.29 is 0 Å². The first-order valence-corrected chi connectivity index (χ1v) is 5.22. The maximum atomic E-state index is 5.97. The maximum absolute atomic E-state index is 5.97. The lowest BCUT2D eigenvalue weighted by Gasteiger charge is -2.02. The van der Waals surface area contributed by atoms with Crippen LogP contribution in [0.3, 0.4) is 0 Å². The lowest BCUT2D eigenvalue weighted by atomic mass is 10.1. The van der Waals surface area contributed by atoms with Gasteiger partial charge in [-0.3, -0.25) is 0 Å². The number of halogens is 1. The fourth-order valence-electron chi connectivity index (χ4n) is 1.51. The minimum Gasteiger partial charge on any atom is -0.402 e. The zero-order valence-corrected chi connectivity index (χ0v) is 9.48. The summed E-state index contributed by atoms with van der Waals surface area (Å²) in [5.41, 5.74) is 9.61. The topological polar surface area (TPSA) is 26.0 Å². The summed E-state index contributed by atoms with van der Waals surface area (Å²) in [7, 11) is 0. The number of allylic oxidation sites excluding steroid dienone is 4. The van der Waals surface area contributed by atoms with Crippen molar-refractivity contribution in [3.63, 3.8) is 0 Å². The fourth-order valence-corrected chi connectivity index (χ4v) is 2.47. The molecule has 0 saturated heterocycles. The molecule has 1 nitrogen and oxygen atoms in total. The average molecular weight is 230 g/mol. The van der Waals surface area contributed by atoms with Crippen LogP contribution in [0.1, 0.15) is 27.2 Å². The molecule has 0 aliphatic heterocycles. The van der Waals surface area contributed by atoms with Crippen LogP contribution in [-0.2, 0) is 0 Å². The van der Waals surface area contributed by atoms with E-state index in [4.69, 9.17) is 5.73 Å². The van der Waals surface area contributed by atoms with Gasteiger partial charge in [0.05, 0.1) is 0 Å². The number of nitrogens with two attached hydrogens (primary N) is 1. The quantitative estimate of drug-likeness (QED) is 0.688. The first-order valence-electron chi connectivity index (χ1n) is 4.31. The Morgan fingerprint density at radius 3 is 2.50 bits per heavy atom. The predicted molar refractivity (Wildman–Crippen MR) is 57.1 cm³/mol. The van der Waals surface area contributed by atoms with Gasteiger partial charge in [0, 0.05) is 10.5 Å². The van der Waals surface area contributed by atoms with Crippen molar-refractivity contribution in [2.24, 2.45) is 11.7 Å². The van der Waals surface area contributed by atoms with Gasteiger partial charge in [0.25, 0.3) is 0 Å². The number of rotatable bonds is 1. The summed E-state index contributed by atoms with van der Waals surface area (Å²) >= 11 is 3.63. The molecule has 0 heterocycles. The third-order valence-corrected chi connectivity index (χ3v) is 3.07. The Kier molecular flexibility index (Phi) is 2.99. The highest BCUT2D eigenvalue weighted by Gasteiger charge is 2.25. The molecule has 68 valence electrons. The van der Waals surface area contributed by atoms with Crippen molar-refractivity contribution in [2.75, 3.05) is 0 Å². The molecule has 0 spiro atoms. The summed E-state index contributed by atoms with van der Waals surface area (Å²) in [4.78, 5) is 0.461. The van der Waals surface area contributed by atoms with Crippen molar-refractivity contribution in [2.45, 2.75) is 32.0 Å². The van der Waals surface area contributed by atoms with Gasteiger partial charge in [-0.15, -0.1) is 0 Å². The van der Waals surface area contributed by atoms with Crippen LogP contribution in [0, 0.1) is 5.92 Å². The Bertz CT molecular complexity index is 236. The summed E-state index contributed by atoms with van der Waals surface area (Å²) in [6.07, 6.45) is 3.31. The molecule has 2 atom stereocenters. The van der Waals surface area contributed by atoms with Gasteiger partial charge in [-0.25, -0.2) is 0 Å². The van der Waals surface area contributed by atoms with Crippen molar-refractivity contribution in [3.8, 4) is 0 Å². The van der Waals surface area contributed by atoms with Gasteiger partial charge in [0.2, 0.25) is 0 Å². The van der Waals surface area contributed by atoms with E-state index in [0.29, 0.717) is 10.7 Å². The van der Waals surface area contributed by atoms with Gasteiger partial charge < -0.3 is 5.73 Å². The molecule has 2 heteroatoms. The lowest BCUT2D eigenvalue weighted by molar-refractivity contribution is 0.672. The first-order chi connectivity index (χ1) is 5.52. The molecule has 0 aromatic rings. The van der Waals surface area contributed by atoms with Crippen molar-refractivity contribution in [1.29, 1.82) is 0 Å². The molecule has 0 fully saturated rings. The molecule has 0 aromatic heterocycles. The third-order valence-electron chi connectivity index (χ3n) is 2.21. The van der Waals surface area contributed by atoms with Gasteiger partial charge in [0.15, 0.2) is 0 Å². The normalized spacial score (nSPS) is 29.3. The van der Waals surface area contributed by atoms with Crippen LogP contribution in [0.5, 0.6) is 0 Å². The molecular formula is C10H16BrN. The first kappa shape index (κ1) is 9.85. The number of alkyl halides is 1. The highest BCUT2D eigenvalue weighted by atomic mass is 79.9. The van der Waals surface area contributed by atoms with Crippen molar-refractivity contribution in [3.05, 3.63) is 22.9 Å². The molecule has 1 aliphatic carbocycles. The fraction of sp³-hybridized carbons (Fsp3) is 0.600. The second kappa shape index (κ2) is 3.65. The predicted octanol–water partition coefficient (Wildman–Crippen LogP) is 2.97. The highest BCUT2D eigenvalue weighted by Crippen LogP contribution is 2.34. The minimum atomic E-state index is 0.461. The van der Waals surface area contributed by atoms with Crippen LogP contribution in [0.25, 0.3) is 0 Å². The van der Waals surface area contributed by atoms with E-state index >= 15 is 0 Å². The van der Waals surface area contributed by atoms with Gasteiger partial charge in [0.1, 0.15) is 0 Å². The molecule has 0 unspecified atom stereocenters. The number of hydrogen-bond acceptors (Lipinski definition) is 1. The van der Waals surface area contributed by atoms with Crippen molar-refractivity contribution in [1.82, 2.24) is 0 Å². The average Bonchev–Trinajstić information content (AvgIpc) is 2.16. The summed E-state index contributed by atoms with van der Waals surface area (Å²) in [5.74, 6) is 0.528.